The van der Waals surface area contributed by atoms with E-state index in [-0.39, 0.29) is 0 Å². The number of rotatable bonds is 4. The maximum absolute atomic E-state index is 5.20. The van der Waals surface area contributed by atoms with Crippen LogP contribution in [0.1, 0.15) is 0 Å². The highest BCUT2D eigenvalue weighted by atomic mass is 15.1. The van der Waals surface area contributed by atoms with E-state index in [1.807, 2.05) is 24.5 Å². The fourth-order valence-electron chi connectivity index (χ4n) is 5.98. The summed E-state index contributed by atoms with van der Waals surface area (Å²) in [6.45, 7) is 0. The molecule has 0 aliphatic carbocycles. The molecule has 0 saturated heterocycles. The van der Waals surface area contributed by atoms with E-state index in [9.17, 15) is 0 Å². The summed E-state index contributed by atoms with van der Waals surface area (Å²) >= 11 is 0. The van der Waals surface area contributed by atoms with Gasteiger partial charge in [0.25, 0.3) is 0 Å². The molecule has 0 saturated carbocycles. The normalized spacial score (nSPS) is 11.4. The van der Waals surface area contributed by atoms with Crippen molar-refractivity contribution in [1.29, 1.82) is 0 Å². The van der Waals surface area contributed by atoms with E-state index in [0.29, 0.717) is 0 Å². The smallest absolute Gasteiger partial charge is 0.145 e. The van der Waals surface area contributed by atoms with Gasteiger partial charge in [-0.2, -0.15) is 0 Å². The number of fused-ring (bicyclic) bond motifs is 3. The molecule has 0 unspecified atom stereocenters. The molecule has 8 rings (SSSR count). The molecule has 2 heterocycles. The number of hydrogen-bond donors (Lipinski definition) is 0. The monoisotopic (exact) mass is 523 g/mol. The van der Waals surface area contributed by atoms with Gasteiger partial charge in [0.05, 0.1) is 11.0 Å². The summed E-state index contributed by atoms with van der Waals surface area (Å²) < 4.78 is 2.27. The summed E-state index contributed by atoms with van der Waals surface area (Å²) in [5.74, 6) is 0.911. The average molecular weight is 524 g/mol. The molecule has 41 heavy (non-hydrogen) atoms. The second-order valence-electron chi connectivity index (χ2n) is 10.3. The van der Waals surface area contributed by atoms with Crippen LogP contribution in [-0.2, 0) is 0 Å². The molecule has 0 fully saturated rings. The molecule has 0 amide bonds. The van der Waals surface area contributed by atoms with E-state index >= 15 is 0 Å². The summed E-state index contributed by atoms with van der Waals surface area (Å²) in [4.78, 5) is 9.65. The third-order valence-corrected chi connectivity index (χ3v) is 7.82. The van der Waals surface area contributed by atoms with Crippen LogP contribution in [0.15, 0.2) is 152 Å². The zero-order chi connectivity index (χ0) is 27.2. The highest BCUT2D eigenvalue weighted by Gasteiger charge is 2.18. The molecule has 0 N–H and O–H groups in total. The summed E-state index contributed by atoms with van der Waals surface area (Å²) in [5.41, 5.74) is 8.75. The van der Waals surface area contributed by atoms with Gasteiger partial charge in [-0.25, -0.2) is 4.98 Å². The van der Waals surface area contributed by atoms with Crippen molar-refractivity contribution in [3.05, 3.63) is 152 Å². The van der Waals surface area contributed by atoms with E-state index in [1.54, 1.807) is 0 Å². The molecule has 0 aliphatic rings. The van der Waals surface area contributed by atoms with Gasteiger partial charge < -0.3 is 0 Å². The third kappa shape index (κ3) is 3.98. The van der Waals surface area contributed by atoms with Crippen molar-refractivity contribution in [3.63, 3.8) is 0 Å². The van der Waals surface area contributed by atoms with Crippen LogP contribution >= 0.6 is 0 Å². The Morgan fingerprint density at radius 1 is 0.488 bits per heavy atom. The summed E-state index contributed by atoms with van der Waals surface area (Å²) in [6, 6.07) is 49.4. The van der Waals surface area contributed by atoms with E-state index in [0.717, 1.165) is 44.8 Å². The molecule has 3 nitrogen and oxygen atoms in total. The van der Waals surface area contributed by atoms with Crippen LogP contribution in [0.5, 0.6) is 0 Å². The fraction of sp³-hybridized carbons (Fsp3) is 0. The molecule has 0 aliphatic heterocycles. The van der Waals surface area contributed by atoms with Gasteiger partial charge >= 0.3 is 0 Å². The second-order valence-corrected chi connectivity index (χ2v) is 10.3. The predicted molar refractivity (Wildman–Crippen MR) is 170 cm³/mol. The van der Waals surface area contributed by atoms with Crippen LogP contribution in [-0.4, -0.2) is 14.5 Å². The first-order valence-electron chi connectivity index (χ1n) is 13.8. The number of nitrogens with zero attached hydrogens (tertiary/aromatic N) is 3. The molecule has 6 aromatic carbocycles. The Bertz CT molecular complexity index is 2140. The van der Waals surface area contributed by atoms with Crippen molar-refractivity contribution in [3.8, 4) is 39.3 Å². The Kier molecular flexibility index (Phi) is 5.46. The van der Waals surface area contributed by atoms with Crippen molar-refractivity contribution >= 4 is 32.6 Å². The zero-order valence-electron chi connectivity index (χ0n) is 22.3. The Labute approximate surface area is 238 Å². The van der Waals surface area contributed by atoms with Gasteiger partial charge in [0.2, 0.25) is 0 Å². The first-order valence-corrected chi connectivity index (χ1v) is 13.8. The molecule has 8 aromatic rings. The van der Waals surface area contributed by atoms with Gasteiger partial charge in [0.1, 0.15) is 5.82 Å². The number of aromatic nitrogens is 3. The van der Waals surface area contributed by atoms with Gasteiger partial charge in [-0.15, -0.1) is 0 Å². The van der Waals surface area contributed by atoms with Crippen LogP contribution in [0.4, 0.5) is 0 Å². The average Bonchev–Trinajstić information content (AvgIpc) is 3.44. The maximum atomic E-state index is 5.20. The Morgan fingerprint density at radius 2 is 1.15 bits per heavy atom. The highest BCUT2D eigenvalue weighted by molar-refractivity contribution is 6.13. The lowest BCUT2D eigenvalue weighted by Gasteiger charge is -2.16. The second kappa shape index (κ2) is 9.58. The SMILES string of the molecule is c1ccc(-n2c(-c3cc(-c4cccnc4)cc(-c4c5ccccc5cc5ccccc45)c3)nc3ccccc32)cc1. The molecule has 0 bridgehead atoms. The van der Waals surface area contributed by atoms with Crippen molar-refractivity contribution in [2.75, 3.05) is 0 Å². The lowest BCUT2D eigenvalue weighted by Crippen LogP contribution is -1.98. The van der Waals surface area contributed by atoms with Crippen LogP contribution in [0.2, 0.25) is 0 Å². The van der Waals surface area contributed by atoms with Crippen molar-refractivity contribution in [2.24, 2.45) is 0 Å². The largest absolute Gasteiger partial charge is 0.292 e. The minimum absolute atomic E-state index is 0.911. The molecule has 0 atom stereocenters. The minimum atomic E-state index is 0.911. The molecular weight excluding hydrogens is 498 g/mol. The first-order chi connectivity index (χ1) is 20.3. The molecule has 2 aromatic heterocycles. The number of para-hydroxylation sites is 3. The van der Waals surface area contributed by atoms with Gasteiger partial charge in [-0.05, 0) is 92.8 Å². The van der Waals surface area contributed by atoms with E-state index in [4.69, 9.17) is 4.98 Å². The van der Waals surface area contributed by atoms with Crippen molar-refractivity contribution in [1.82, 2.24) is 14.5 Å². The van der Waals surface area contributed by atoms with Crippen LogP contribution < -0.4 is 0 Å². The number of hydrogen-bond acceptors (Lipinski definition) is 2. The molecule has 3 heteroatoms. The lowest BCUT2D eigenvalue weighted by molar-refractivity contribution is 1.10. The Hall–Kier alpha value is -5.54. The quantitative estimate of drug-likeness (QED) is 0.215. The first kappa shape index (κ1) is 23.4. The minimum Gasteiger partial charge on any atom is -0.292 e. The summed E-state index contributed by atoms with van der Waals surface area (Å²) in [5, 5.41) is 4.92. The maximum Gasteiger partial charge on any atom is 0.145 e. The predicted octanol–water partition coefficient (Wildman–Crippen LogP) is 9.73. The summed E-state index contributed by atoms with van der Waals surface area (Å²) in [7, 11) is 0. The Balaban J connectivity index is 1.48. The van der Waals surface area contributed by atoms with Gasteiger partial charge in [-0.3, -0.25) is 9.55 Å². The van der Waals surface area contributed by atoms with E-state index in [2.05, 4.69) is 137 Å². The van der Waals surface area contributed by atoms with Gasteiger partial charge in [-0.1, -0.05) is 84.9 Å². The van der Waals surface area contributed by atoms with Crippen LogP contribution in [0.25, 0.3) is 71.9 Å². The third-order valence-electron chi connectivity index (χ3n) is 7.82. The molecule has 0 spiro atoms. The highest BCUT2D eigenvalue weighted by Crippen LogP contribution is 2.40. The number of imidazole rings is 1. The Morgan fingerprint density at radius 3 is 1.90 bits per heavy atom. The molecular formula is C38H25N3. The number of pyridine rings is 1. The number of benzene rings is 6. The van der Waals surface area contributed by atoms with Crippen LogP contribution in [0.3, 0.4) is 0 Å². The fourth-order valence-corrected chi connectivity index (χ4v) is 5.98. The van der Waals surface area contributed by atoms with Crippen molar-refractivity contribution < 1.29 is 0 Å². The standard InChI is InChI=1S/C38H25N3/c1-2-14-32(15-3-1)41-36-19-9-8-18-35(36)40-38(41)31-23-29(28-13-10-20-39-25-28)22-30(24-31)37-33-16-6-4-11-26(33)21-27-12-5-7-17-34(27)37/h1-25H. The zero-order valence-corrected chi connectivity index (χ0v) is 22.3. The van der Waals surface area contributed by atoms with Gasteiger partial charge in [0, 0.05) is 29.2 Å². The lowest BCUT2D eigenvalue weighted by atomic mass is 9.89. The topological polar surface area (TPSA) is 30.7 Å². The van der Waals surface area contributed by atoms with Crippen molar-refractivity contribution in [2.45, 2.75) is 0 Å². The molecule has 0 radical (unpaired) electrons. The van der Waals surface area contributed by atoms with Crippen LogP contribution in [0, 0.1) is 0 Å². The van der Waals surface area contributed by atoms with E-state index < -0.39 is 0 Å². The molecule has 192 valence electrons. The van der Waals surface area contributed by atoms with E-state index in [1.165, 1.54) is 27.1 Å². The van der Waals surface area contributed by atoms with Gasteiger partial charge in [0.15, 0.2) is 0 Å². The summed E-state index contributed by atoms with van der Waals surface area (Å²) in [6.07, 6.45) is 3.76.